The molecule has 1 aliphatic heterocycles. The number of carboxylic acid groups (broad SMARTS) is 1. The van der Waals surface area contributed by atoms with Gasteiger partial charge in [0.2, 0.25) is 0 Å². The lowest BCUT2D eigenvalue weighted by molar-refractivity contribution is 0.0899. The van der Waals surface area contributed by atoms with E-state index in [0.717, 1.165) is 53.2 Å². The van der Waals surface area contributed by atoms with Gasteiger partial charge >= 0.3 is 6.09 Å². The van der Waals surface area contributed by atoms with E-state index >= 15 is 0 Å². The van der Waals surface area contributed by atoms with Crippen LogP contribution in [0.5, 0.6) is 0 Å². The third kappa shape index (κ3) is 6.25. The minimum absolute atomic E-state index is 0.0927. The minimum atomic E-state index is -3.38. The minimum Gasteiger partial charge on any atom is -0.465 e. The highest BCUT2D eigenvalue weighted by molar-refractivity contribution is 7.92. The number of hydrogen-bond donors (Lipinski definition) is 2. The molecule has 3 aromatic heterocycles. The van der Waals surface area contributed by atoms with E-state index in [9.17, 15) is 18.3 Å². The summed E-state index contributed by atoms with van der Waals surface area (Å²) in [4.78, 5) is 22.0. The first-order valence-corrected chi connectivity index (χ1v) is 18.3. The Morgan fingerprint density at radius 1 is 1.31 bits per heavy atom. The van der Waals surface area contributed by atoms with Crippen molar-refractivity contribution in [1.29, 1.82) is 0 Å². The Morgan fingerprint density at radius 2 is 2.08 bits per heavy atom. The summed E-state index contributed by atoms with van der Waals surface area (Å²) in [6.45, 7) is 8.89. The quantitative estimate of drug-likeness (QED) is 0.295. The lowest BCUT2D eigenvalue weighted by Crippen LogP contribution is -2.44. The Balaban J connectivity index is 1.68. The number of anilines is 1. The lowest BCUT2D eigenvalue weighted by Gasteiger charge is -2.32. The normalized spacial score (nSPS) is 17.0. The van der Waals surface area contributed by atoms with Gasteiger partial charge in [0.1, 0.15) is 21.6 Å². The number of fused-ring (bicyclic) bond motifs is 1. The molecule has 1 fully saturated rings. The monoisotopic (exact) mass is 551 g/mol. The van der Waals surface area contributed by atoms with E-state index < -0.39 is 24.0 Å². The number of pyridine rings is 1. The molecule has 4 heterocycles. The molecule has 0 spiro atoms. The second kappa shape index (κ2) is 10.5. The van der Waals surface area contributed by atoms with Gasteiger partial charge in [-0.3, -0.25) is 0 Å². The molecule has 4 rings (SSSR count). The molecule has 3 aromatic rings. The number of aromatic nitrogens is 3. The number of amides is 1. The number of nitrogens with one attached hydrogen (secondary N) is 1. The first-order chi connectivity index (χ1) is 16.9. The lowest BCUT2D eigenvalue weighted by atomic mass is 10.0. The molecule has 36 heavy (non-hydrogen) atoms. The molecular weight excluding hydrogens is 519 g/mol. The van der Waals surface area contributed by atoms with Crippen molar-refractivity contribution in [3.8, 4) is 10.6 Å². The SMILES string of the molecule is C[Si](C)(C)CCOCn1ccc2c(NC3CCCN(C(=O)O)C3)c(-c3ncc(S(C)(=O)=O)s3)cnc21. The maximum Gasteiger partial charge on any atom is 0.407 e. The molecule has 1 unspecified atom stereocenters. The van der Waals surface area contributed by atoms with Gasteiger partial charge in [-0.2, -0.15) is 0 Å². The van der Waals surface area contributed by atoms with Gasteiger partial charge in [0.05, 0.1) is 17.4 Å². The molecule has 1 atom stereocenters. The maximum atomic E-state index is 12.0. The van der Waals surface area contributed by atoms with Crippen LogP contribution in [-0.4, -0.2) is 79.1 Å². The van der Waals surface area contributed by atoms with Gasteiger partial charge in [-0.25, -0.2) is 23.2 Å². The number of hydrogen-bond acceptors (Lipinski definition) is 8. The molecule has 0 radical (unpaired) electrons. The smallest absolute Gasteiger partial charge is 0.407 e. The third-order valence-electron chi connectivity index (χ3n) is 6.14. The maximum absolute atomic E-state index is 12.0. The van der Waals surface area contributed by atoms with Crippen LogP contribution < -0.4 is 5.32 Å². The molecule has 1 aliphatic rings. The third-order valence-corrected chi connectivity index (χ3v) is 10.7. The molecule has 2 N–H and O–H groups in total. The highest BCUT2D eigenvalue weighted by atomic mass is 32.2. The van der Waals surface area contributed by atoms with Crippen LogP contribution in [-0.2, 0) is 21.3 Å². The molecule has 0 bridgehead atoms. The van der Waals surface area contributed by atoms with Crippen molar-refractivity contribution in [3.63, 3.8) is 0 Å². The van der Waals surface area contributed by atoms with Crippen molar-refractivity contribution >= 4 is 52.1 Å². The molecule has 0 saturated carbocycles. The fourth-order valence-electron chi connectivity index (χ4n) is 4.13. The van der Waals surface area contributed by atoms with Gasteiger partial charge in [-0.15, -0.1) is 11.3 Å². The van der Waals surface area contributed by atoms with Gasteiger partial charge in [0, 0.05) is 57.8 Å². The van der Waals surface area contributed by atoms with Crippen molar-refractivity contribution in [3.05, 3.63) is 24.7 Å². The predicted molar refractivity (Wildman–Crippen MR) is 144 cm³/mol. The molecule has 196 valence electrons. The van der Waals surface area contributed by atoms with Crippen LogP contribution in [0.15, 0.2) is 28.9 Å². The number of thiazole rings is 1. The fourth-order valence-corrected chi connectivity index (χ4v) is 6.64. The Labute approximate surface area is 216 Å². The molecule has 13 heteroatoms. The number of sulfone groups is 1. The molecule has 10 nitrogen and oxygen atoms in total. The Kier molecular flexibility index (Phi) is 7.74. The number of likely N-dealkylation sites (tertiary alicyclic amines) is 1. The molecule has 1 saturated heterocycles. The molecule has 0 aromatic carbocycles. The summed E-state index contributed by atoms with van der Waals surface area (Å²) in [7, 11) is -4.57. The molecule has 1 amide bonds. The highest BCUT2D eigenvalue weighted by Crippen LogP contribution is 2.38. The van der Waals surface area contributed by atoms with E-state index in [0.29, 0.717) is 37.0 Å². The number of nitrogens with zero attached hydrogens (tertiary/aromatic N) is 4. The molecule has 0 aliphatic carbocycles. The summed E-state index contributed by atoms with van der Waals surface area (Å²) in [6.07, 6.45) is 6.81. The zero-order chi connectivity index (χ0) is 26.1. The van der Waals surface area contributed by atoms with Crippen LogP contribution >= 0.6 is 11.3 Å². The van der Waals surface area contributed by atoms with Gasteiger partial charge in [0.15, 0.2) is 9.84 Å². The number of rotatable bonds is 9. The summed E-state index contributed by atoms with van der Waals surface area (Å²) in [5, 5.41) is 14.4. The average molecular weight is 552 g/mol. The summed E-state index contributed by atoms with van der Waals surface area (Å²) in [5.41, 5.74) is 2.19. The summed E-state index contributed by atoms with van der Waals surface area (Å²) >= 11 is 1.10. The average Bonchev–Trinajstić information content (AvgIpc) is 3.44. The summed E-state index contributed by atoms with van der Waals surface area (Å²) in [5.74, 6) is 0. The number of carbonyl (C=O) groups is 1. The summed E-state index contributed by atoms with van der Waals surface area (Å²) < 4.78 is 32.2. The highest BCUT2D eigenvalue weighted by Gasteiger charge is 2.26. The Morgan fingerprint density at radius 3 is 2.75 bits per heavy atom. The van der Waals surface area contributed by atoms with Crippen molar-refractivity contribution in [1.82, 2.24) is 19.4 Å². The van der Waals surface area contributed by atoms with E-state index in [4.69, 9.17) is 4.74 Å². The largest absolute Gasteiger partial charge is 0.465 e. The van der Waals surface area contributed by atoms with Crippen LogP contribution in [0.3, 0.4) is 0 Å². The topological polar surface area (TPSA) is 127 Å². The van der Waals surface area contributed by atoms with E-state index in [1.807, 2.05) is 16.8 Å². The zero-order valence-electron chi connectivity index (χ0n) is 21.0. The van der Waals surface area contributed by atoms with E-state index in [1.165, 1.54) is 11.1 Å². The number of ether oxygens (including phenoxy) is 1. The van der Waals surface area contributed by atoms with E-state index in [2.05, 4.69) is 34.9 Å². The Hall–Kier alpha value is -2.48. The van der Waals surface area contributed by atoms with Gasteiger partial charge in [0.25, 0.3) is 0 Å². The van der Waals surface area contributed by atoms with Crippen LogP contribution in [0.4, 0.5) is 10.5 Å². The van der Waals surface area contributed by atoms with Gasteiger partial charge < -0.3 is 24.6 Å². The number of piperidine rings is 1. The van der Waals surface area contributed by atoms with Crippen LogP contribution in [0, 0.1) is 0 Å². The van der Waals surface area contributed by atoms with Gasteiger partial charge in [-0.05, 0) is 25.0 Å². The van der Waals surface area contributed by atoms with Crippen LogP contribution in [0.1, 0.15) is 12.8 Å². The summed E-state index contributed by atoms with van der Waals surface area (Å²) in [6, 6.07) is 2.94. The second-order valence-electron chi connectivity index (χ2n) is 10.4. The standard InChI is InChI=1S/C23H33N5O5S2Si/c1-35(31,32)19-13-25-22(34-19)18-12-24-21-17(7-9-28(21)15-33-10-11-36(2,3)4)20(18)26-16-6-5-8-27(14-16)23(29)30/h7,9,12-13,16H,5-6,8,10-11,14-15H2,1-4H3,(H,24,26)(H,29,30). The Bertz CT molecular complexity index is 1350. The first-order valence-electron chi connectivity index (χ1n) is 11.9. The van der Waals surface area contributed by atoms with Crippen LogP contribution in [0.25, 0.3) is 21.6 Å². The predicted octanol–water partition coefficient (Wildman–Crippen LogP) is 4.43. The fraction of sp³-hybridized carbons (Fsp3) is 0.522. The second-order valence-corrected chi connectivity index (χ2v) is 19.3. The zero-order valence-corrected chi connectivity index (χ0v) is 23.7. The van der Waals surface area contributed by atoms with Crippen molar-refractivity contribution in [2.45, 2.75) is 55.5 Å². The van der Waals surface area contributed by atoms with Gasteiger partial charge in [-0.1, -0.05) is 19.6 Å². The molecular formula is C23H33N5O5S2Si. The van der Waals surface area contributed by atoms with E-state index in [-0.39, 0.29) is 10.3 Å². The van der Waals surface area contributed by atoms with Crippen LogP contribution in [0.2, 0.25) is 25.7 Å². The van der Waals surface area contributed by atoms with Crippen molar-refractivity contribution in [2.24, 2.45) is 0 Å². The van der Waals surface area contributed by atoms with Crippen molar-refractivity contribution < 1.29 is 23.1 Å². The van der Waals surface area contributed by atoms with E-state index in [1.54, 1.807) is 6.20 Å². The first kappa shape index (κ1) is 26.6. The van der Waals surface area contributed by atoms with Crippen molar-refractivity contribution in [2.75, 3.05) is 31.3 Å².